The van der Waals surface area contributed by atoms with E-state index in [-0.39, 0.29) is 5.60 Å². The van der Waals surface area contributed by atoms with Gasteiger partial charge in [0.25, 0.3) is 0 Å². The van der Waals surface area contributed by atoms with Gasteiger partial charge in [-0.3, -0.25) is 9.63 Å². The Morgan fingerprint density at radius 3 is 2.41 bits per heavy atom. The third-order valence-electron chi connectivity index (χ3n) is 2.17. The molecular weight excluding hydrogens is 216 g/mol. The summed E-state index contributed by atoms with van der Waals surface area (Å²) >= 11 is 0. The largest absolute Gasteiger partial charge is 0.277 e. The van der Waals surface area contributed by atoms with Gasteiger partial charge in [-0.1, -0.05) is 17.7 Å². The minimum atomic E-state index is -0.361. The number of carbonyl (C=O) groups excluding carboxylic acids is 1. The number of benzene rings is 1. The molecule has 0 saturated carbocycles. The first-order chi connectivity index (χ1) is 7.83. The Morgan fingerprint density at radius 2 is 1.94 bits per heavy atom. The van der Waals surface area contributed by atoms with Crippen molar-refractivity contribution in [2.24, 2.45) is 0 Å². The quantitative estimate of drug-likeness (QED) is 0.645. The van der Waals surface area contributed by atoms with Crippen LogP contribution in [0.1, 0.15) is 31.9 Å². The number of hydrazine groups is 1. The SMILES string of the molecule is Cc1ccc(N(C=O)NOC(C)(C)C)c(C)c1. The highest BCUT2D eigenvalue weighted by molar-refractivity contribution is 5.75. The van der Waals surface area contributed by atoms with E-state index in [0.29, 0.717) is 6.41 Å². The maximum Gasteiger partial charge on any atom is 0.230 e. The van der Waals surface area contributed by atoms with Crippen molar-refractivity contribution in [3.8, 4) is 0 Å². The van der Waals surface area contributed by atoms with Crippen molar-refractivity contribution >= 4 is 12.1 Å². The van der Waals surface area contributed by atoms with Crippen LogP contribution in [0.2, 0.25) is 0 Å². The molecular formula is C13H20N2O2. The first kappa shape index (κ1) is 13.7. The second kappa shape index (κ2) is 5.29. The van der Waals surface area contributed by atoms with Crippen molar-refractivity contribution in [3.63, 3.8) is 0 Å². The monoisotopic (exact) mass is 236 g/mol. The van der Waals surface area contributed by atoms with Gasteiger partial charge in [0.1, 0.15) is 0 Å². The third-order valence-corrected chi connectivity index (χ3v) is 2.17. The van der Waals surface area contributed by atoms with Crippen molar-refractivity contribution in [1.82, 2.24) is 5.59 Å². The molecule has 0 fully saturated rings. The summed E-state index contributed by atoms with van der Waals surface area (Å²) in [6, 6.07) is 5.86. The van der Waals surface area contributed by atoms with Gasteiger partial charge in [0.2, 0.25) is 6.41 Å². The second-order valence-corrected chi connectivity index (χ2v) is 5.07. The Morgan fingerprint density at radius 1 is 1.29 bits per heavy atom. The van der Waals surface area contributed by atoms with Crippen LogP contribution < -0.4 is 10.6 Å². The third kappa shape index (κ3) is 4.17. The van der Waals surface area contributed by atoms with Crippen molar-refractivity contribution in [2.75, 3.05) is 5.01 Å². The number of nitrogens with one attached hydrogen (secondary N) is 1. The predicted octanol–water partition coefficient (Wildman–Crippen LogP) is 2.50. The minimum Gasteiger partial charge on any atom is -0.277 e. The van der Waals surface area contributed by atoms with E-state index < -0.39 is 0 Å². The number of hydrogen-bond acceptors (Lipinski definition) is 3. The van der Waals surface area contributed by atoms with E-state index in [0.717, 1.165) is 16.8 Å². The average molecular weight is 236 g/mol. The summed E-state index contributed by atoms with van der Waals surface area (Å²) in [4.78, 5) is 16.4. The Hall–Kier alpha value is -1.39. The average Bonchev–Trinajstić information content (AvgIpc) is 2.19. The lowest BCUT2D eigenvalue weighted by molar-refractivity contribution is -0.117. The molecule has 4 heteroatoms. The second-order valence-electron chi connectivity index (χ2n) is 5.07. The molecule has 1 N–H and O–H groups in total. The van der Waals surface area contributed by atoms with Gasteiger partial charge in [-0.15, -0.1) is 5.59 Å². The molecule has 17 heavy (non-hydrogen) atoms. The maximum absolute atomic E-state index is 11.0. The van der Waals surface area contributed by atoms with E-state index in [9.17, 15) is 4.79 Å². The molecule has 0 aliphatic heterocycles. The normalized spacial score (nSPS) is 11.4. The zero-order chi connectivity index (χ0) is 13.1. The predicted molar refractivity (Wildman–Crippen MR) is 68.4 cm³/mol. The lowest BCUT2D eigenvalue weighted by atomic mass is 10.1. The van der Waals surface area contributed by atoms with Crippen LogP contribution in [0.15, 0.2) is 18.2 Å². The van der Waals surface area contributed by atoms with Crippen LogP contribution in [0.25, 0.3) is 0 Å². The van der Waals surface area contributed by atoms with Gasteiger partial charge in [0, 0.05) is 0 Å². The van der Waals surface area contributed by atoms with Crippen molar-refractivity contribution in [3.05, 3.63) is 29.3 Å². The molecule has 1 aromatic rings. The molecule has 0 atom stereocenters. The fraction of sp³-hybridized carbons (Fsp3) is 0.462. The van der Waals surface area contributed by atoms with Crippen LogP contribution in [0.3, 0.4) is 0 Å². The number of hydrogen-bond donors (Lipinski definition) is 1. The number of carbonyl (C=O) groups is 1. The summed E-state index contributed by atoms with van der Waals surface area (Å²) in [5, 5.41) is 1.33. The van der Waals surface area contributed by atoms with Gasteiger partial charge < -0.3 is 0 Å². The maximum atomic E-state index is 11.0. The topological polar surface area (TPSA) is 41.6 Å². The molecule has 0 heterocycles. The summed E-state index contributed by atoms with van der Waals surface area (Å²) in [5.74, 6) is 0. The lowest BCUT2D eigenvalue weighted by Gasteiger charge is -2.26. The lowest BCUT2D eigenvalue weighted by Crippen LogP contribution is -2.42. The van der Waals surface area contributed by atoms with E-state index in [2.05, 4.69) is 5.59 Å². The Bertz CT molecular complexity index is 397. The molecule has 1 rings (SSSR count). The van der Waals surface area contributed by atoms with Gasteiger partial charge in [0.05, 0.1) is 11.3 Å². The van der Waals surface area contributed by atoms with Crippen LogP contribution in [0, 0.1) is 13.8 Å². The van der Waals surface area contributed by atoms with Crippen LogP contribution in [0.4, 0.5) is 5.69 Å². The van der Waals surface area contributed by atoms with E-state index in [1.807, 2.05) is 52.8 Å². The van der Waals surface area contributed by atoms with E-state index >= 15 is 0 Å². The molecule has 0 aliphatic carbocycles. The van der Waals surface area contributed by atoms with Gasteiger partial charge in [-0.2, -0.15) is 0 Å². The molecule has 94 valence electrons. The van der Waals surface area contributed by atoms with Gasteiger partial charge in [0.15, 0.2) is 0 Å². The summed E-state index contributed by atoms with van der Waals surface area (Å²) in [5.41, 5.74) is 5.25. The molecule has 1 aromatic carbocycles. The van der Waals surface area contributed by atoms with E-state index in [4.69, 9.17) is 4.84 Å². The minimum absolute atomic E-state index is 0.361. The summed E-state index contributed by atoms with van der Waals surface area (Å²) in [7, 11) is 0. The molecule has 1 amide bonds. The summed E-state index contributed by atoms with van der Waals surface area (Å²) in [6.45, 7) is 9.69. The fourth-order valence-corrected chi connectivity index (χ4v) is 1.39. The Balaban J connectivity index is 2.83. The van der Waals surface area contributed by atoms with Crippen LogP contribution in [-0.4, -0.2) is 12.0 Å². The molecule has 0 saturated heterocycles. The van der Waals surface area contributed by atoms with Crippen molar-refractivity contribution in [2.45, 2.75) is 40.2 Å². The highest BCUT2D eigenvalue weighted by Gasteiger charge is 2.14. The van der Waals surface area contributed by atoms with Crippen LogP contribution in [0.5, 0.6) is 0 Å². The first-order valence-electron chi connectivity index (χ1n) is 5.59. The molecule has 0 bridgehead atoms. The van der Waals surface area contributed by atoms with Gasteiger partial charge in [-0.05, 0) is 46.2 Å². The fourth-order valence-electron chi connectivity index (χ4n) is 1.39. The Kier molecular flexibility index (Phi) is 4.26. The zero-order valence-electron chi connectivity index (χ0n) is 11.1. The molecule has 0 unspecified atom stereocenters. The molecule has 0 radical (unpaired) electrons. The summed E-state index contributed by atoms with van der Waals surface area (Å²) < 4.78 is 0. The van der Waals surface area contributed by atoms with Crippen molar-refractivity contribution in [1.29, 1.82) is 0 Å². The number of aryl methyl sites for hydroxylation is 2. The highest BCUT2D eigenvalue weighted by Crippen LogP contribution is 2.19. The number of nitrogens with zero attached hydrogens (tertiary/aromatic N) is 1. The van der Waals surface area contributed by atoms with Crippen LogP contribution in [-0.2, 0) is 9.63 Å². The summed E-state index contributed by atoms with van der Waals surface area (Å²) in [6.07, 6.45) is 0.698. The smallest absolute Gasteiger partial charge is 0.230 e. The van der Waals surface area contributed by atoms with E-state index in [1.54, 1.807) is 0 Å². The number of rotatable bonds is 4. The van der Waals surface area contributed by atoms with E-state index in [1.165, 1.54) is 5.01 Å². The number of amides is 1. The first-order valence-corrected chi connectivity index (χ1v) is 5.59. The standard InChI is InChI=1S/C13H20N2O2/c1-10-6-7-12(11(2)8-10)15(9-16)14-17-13(3,4)5/h6-9,14H,1-5H3. The number of anilines is 1. The van der Waals surface area contributed by atoms with Gasteiger partial charge in [-0.25, -0.2) is 5.01 Å². The van der Waals surface area contributed by atoms with Crippen molar-refractivity contribution < 1.29 is 9.63 Å². The molecule has 0 aliphatic rings. The van der Waals surface area contributed by atoms with Crippen LogP contribution >= 0.6 is 0 Å². The Labute approximate surface area is 102 Å². The molecule has 4 nitrogen and oxygen atoms in total. The zero-order valence-corrected chi connectivity index (χ0v) is 11.1. The molecule has 0 aromatic heterocycles. The van der Waals surface area contributed by atoms with Gasteiger partial charge >= 0.3 is 0 Å². The highest BCUT2D eigenvalue weighted by atomic mass is 16.7. The molecule has 0 spiro atoms.